The molecule has 0 saturated carbocycles. The van der Waals surface area contributed by atoms with Gasteiger partial charge in [0, 0.05) is 12.6 Å². The Bertz CT molecular complexity index is 1070. The molecule has 2 aromatic rings. The van der Waals surface area contributed by atoms with Gasteiger partial charge in [-0.05, 0) is 51.0 Å². The zero-order valence-electron chi connectivity index (χ0n) is 19.0. The first-order valence-corrected chi connectivity index (χ1v) is 12.5. The Hall–Kier alpha value is -2.58. The number of nitrogens with zero attached hydrogens (tertiary/aromatic N) is 2. The molecule has 0 bridgehead atoms. The van der Waals surface area contributed by atoms with E-state index >= 15 is 0 Å². The van der Waals surface area contributed by atoms with Gasteiger partial charge in [0.15, 0.2) is 0 Å². The molecule has 7 nitrogen and oxygen atoms in total. The molecule has 0 unspecified atom stereocenters. The van der Waals surface area contributed by atoms with Crippen molar-refractivity contribution in [2.24, 2.45) is 0 Å². The van der Waals surface area contributed by atoms with E-state index in [2.05, 4.69) is 5.32 Å². The summed E-state index contributed by atoms with van der Waals surface area (Å²) in [6.45, 7) is 6.91. The van der Waals surface area contributed by atoms with Crippen LogP contribution in [0.4, 0.5) is 5.69 Å². The predicted octanol–water partition coefficient (Wildman–Crippen LogP) is 3.36. The SMILES string of the molecule is Cc1ccccc1CN(C(=O)CN(c1ccccc1Cl)S(C)(=O)=O)[C@H](C)C(=O)NC(C)C. The number of para-hydroxylation sites is 1. The van der Waals surface area contributed by atoms with Crippen molar-refractivity contribution < 1.29 is 18.0 Å². The summed E-state index contributed by atoms with van der Waals surface area (Å²) >= 11 is 6.21. The van der Waals surface area contributed by atoms with Crippen LogP contribution in [-0.2, 0) is 26.2 Å². The van der Waals surface area contributed by atoms with Crippen molar-refractivity contribution in [1.82, 2.24) is 10.2 Å². The van der Waals surface area contributed by atoms with Crippen LogP contribution in [0, 0.1) is 6.92 Å². The van der Waals surface area contributed by atoms with Crippen molar-refractivity contribution in [3.05, 3.63) is 64.7 Å². The summed E-state index contributed by atoms with van der Waals surface area (Å²) in [5.74, 6) is -0.824. The van der Waals surface area contributed by atoms with Crippen LogP contribution in [-0.4, -0.2) is 50.0 Å². The maximum Gasteiger partial charge on any atom is 0.244 e. The van der Waals surface area contributed by atoms with Gasteiger partial charge in [-0.1, -0.05) is 48.0 Å². The minimum absolute atomic E-state index is 0.101. The molecular formula is C23H30ClN3O4S. The van der Waals surface area contributed by atoms with Crippen molar-refractivity contribution in [1.29, 1.82) is 0 Å². The van der Waals surface area contributed by atoms with Gasteiger partial charge in [0.05, 0.1) is 17.0 Å². The van der Waals surface area contributed by atoms with E-state index in [4.69, 9.17) is 11.6 Å². The summed E-state index contributed by atoms with van der Waals surface area (Å²) in [5, 5.41) is 3.03. The Morgan fingerprint density at radius 3 is 2.19 bits per heavy atom. The molecular weight excluding hydrogens is 450 g/mol. The molecule has 0 aliphatic carbocycles. The lowest BCUT2D eigenvalue weighted by molar-refractivity contribution is -0.139. The van der Waals surface area contributed by atoms with Gasteiger partial charge < -0.3 is 10.2 Å². The molecule has 9 heteroatoms. The van der Waals surface area contributed by atoms with Crippen LogP contribution in [0.5, 0.6) is 0 Å². The van der Waals surface area contributed by atoms with E-state index < -0.39 is 28.5 Å². The van der Waals surface area contributed by atoms with Gasteiger partial charge in [0.25, 0.3) is 0 Å². The highest BCUT2D eigenvalue weighted by Gasteiger charge is 2.31. The van der Waals surface area contributed by atoms with Crippen molar-refractivity contribution >= 4 is 39.1 Å². The Morgan fingerprint density at radius 1 is 1.03 bits per heavy atom. The molecule has 1 atom stereocenters. The second-order valence-corrected chi connectivity index (χ2v) is 10.3. The monoisotopic (exact) mass is 479 g/mol. The first-order valence-electron chi connectivity index (χ1n) is 10.3. The normalized spacial score (nSPS) is 12.3. The van der Waals surface area contributed by atoms with E-state index in [-0.39, 0.29) is 29.2 Å². The van der Waals surface area contributed by atoms with Gasteiger partial charge in [-0.15, -0.1) is 0 Å². The number of aryl methyl sites for hydroxylation is 1. The number of carbonyl (C=O) groups excluding carboxylic acids is 2. The third-order valence-electron chi connectivity index (χ3n) is 5.00. The largest absolute Gasteiger partial charge is 0.352 e. The number of rotatable bonds is 9. The number of hydrogen-bond donors (Lipinski definition) is 1. The Balaban J connectivity index is 2.42. The zero-order valence-corrected chi connectivity index (χ0v) is 20.6. The lowest BCUT2D eigenvalue weighted by Gasteiger charge is -2.32. The fraction of sp³-hybridized carbons (Fsp3) is 0.391. The second kappa shape index (κ2) is 10.8. The number of hydrogen-bond acceptors (Lipinski definition) is 4. The molecule has 1 N–H and O–H groups in total. The first-order chi connectivity index (χ1) is 14.9. The highest BCUT2D eigenvalue weighted by molar-refractivity contribution is 7.92. The maximum absolute atomic E-state index is 13.4. The fourth-order valence-electron chi connectivity index (χ4n) is 3.21. The van der Waals surface area contributed by atoms with E-state index in [0.717, 1.165) is 21.7 Å². The predicted molar refractivity (Wildman–Crippen MR) is 128 cm³/mol. The molecule has 0 spiro atoms. The molecule has 0 radical (unpaired) electrons. The third-order valence-corrected chi connectivity index (χ3v) is 6.45. The highest BCUT2D eigenvalue weighted by Crippen LogP contribution is 2.27. The Kier molecular flexibility index (Phi) is 8.69. The summed E-state index contributed by atoms with van der Waals surface area (Å²) in [6.07, 6.45) is 1.02. The summed E-state index contributed by atoms with van der Waals surface area (Å²) in [4.78, 5) is 27.6. The van der Waals surface area contributed by atoms with Gasteiger partial charge in [-0.2, -0.15) is 0 Å². The summed E-state index contributed by atoms with van der Waals surface area (Å²) < 4.78 is 26.0. The van der Waals surface area contributed by atoms with Gasteiger partial charge >= 0.3 is 0 Å². The summed E-state index contributed by atoms with van der Waals surface area (Å²) in [7, 11) is -3.81. The lowest BCUT2D eigenvalue weighted by atomic mass is 10.1. The second-order valence-electron chi connectivity index (χ2n) is 8.01. The molecule has 174 valence electrons. The van der Waals surface area contributed by atoms with Crippen LogP contribution in [0.1, 0.15) is 31.9 Å². The van der Waals surface area contributed by atoms with E-state index in [0.29, 0.717) is 0 Å². The first kappa shape index (κ1) is 25.7. The van der Waals surface area contributed by atoms with Gasteiger partial charge in [0.1, 0.15) is 12.6 Å². The molecule has 0 aliphatic rings. The topological polar surface area (TPSA) is 86.8 Å². The molecule has 2 aromatic carbocycles. The fourth-order valence-corrected chi connectivity index (χ4v) is 4.36. The molecule has 0 heterocycles. The minimum atomic E-state index is -3.81. The van der Waals surface area contributed by atoms with Gasteiger partial charge in [-0.25, -0.2) is 8.42 Å². The number of nitrogens with one attached hydrogen (secondary N) is 1. The molecule has 2 amide bonds. The van der Waals surface area contributed by atoms with Gasteiger partial charge in [-0.3, -0.25) is 13.9 Å². The van der Waals surface area contributed by atoms with Crippen molar-refractivity contribution in [3.8, 4) is 0 Å². The molecule has 0 aromatic heterocycles. The lowest BCUT2D eigenvalue weighted by Crippen LogP contribution is -2.52. The van der Waals surface area contributed by atoms with Crippen LogP contribution in [0.25, 0.3) is 0 Å². The summed E-state index contributed by atoms with van der Waals surface area (Å²) in [5.41, 5.74) is 2.04. The maximum atomic E-state index is 13.4. The molecule has 0 fully saturated rings. The van der Waals surface area contributed by atoms with Crippen molar-refractivity contribution in [2.45, 2.75) is 46.3 Å². The van der Waals surface area contributed by atoms with E-state index in [1.807, 2.05) is 45.0 Å². The molecule has 0 aliphatic heterocycles. The van der Waals surface area contributed by atoms with Crippen LogP contribution in [0.2, 0.25) is 5.02 Å². The van der Waals surface area contributed by atoms with Crippen LogP contribution in [0.3, 0.4) is 0 Å². The Morgan fingerprint density at radius 2 is 1.62 bits per heavy atom. The van der Waals surface area contributed by atoms with E-state index in [1.54, 1.807) is 25.1 Å². The quantitative estimate of drug-likeness (QED) is 0.597. The number of carbonyl (C=O) groups is 2. The van der Waals surface area contributed by atoms with Crippen molar-refractivity contribution in [2.75, 3.05) is 17.1 Å². The average molecular weight is 480 g/mol. The number of benzene rings is 2. The van der Waals surface area contributed by atoms with Crippen molar-refractivity contribution in [3.63, 3.8) is 0 Å². The van der Waals surface area contributed by atoms with Crippen LogP contribution in [0.15, 0.2) is 48.5 Å². The van der Waals surface area contributed by atoms with Gasteiger partial charge in [0.2, 0.25) is 21.8 Å². The number of amides is 2. The standard InChI is InChI=1S/C23H30ClN3O4S/c1-16(2)25-23(29)18(4)26(14-19-11-7-6-10-17(19)3)22(28)15-27(32(5,30)31)21-13-9-8-12-20(21)24/h6-13,16,18H,14-15H2,1-5H3,(H,25,29)/t18-/m1/s1. The van der Waals surface area contributed by atoms with E-state index in [1.165, 1.54) is 11.0 Å². The van der Waals surface area contributed by atoms with E-state index in [9.17, 15) is 18.0 Å². The molecule has 2 rings (SSSR count). The molecule has 0 saturated heterocycles. The number of sulfonamides is 1. The zero-order chi connectivity index (χ0) is 24.1. The smallest absolute Gasteiger partial charge is 0.244 e. The summed E-state index contributed by atoms with van der Waals surface area (Å²) in [6, 6.07) is 13.1. The molecule has 32 heavy (non-hydrogen) atoms. The number of anilines is 1. The minimum Gasteiger partial charge on any atom is -0.352 e. The third kappa shape index (κ3) is 6.71. The van der Waals surface area contributed by atoms with Crippen LogP contribution >= 0.6 is 11.6 Å². The Labute approximate surface area is 195 Å². The number of halogens is 1. The van der Waals surface area contributed by atoms with Crippen LogP contribution < -0.4 is 9.62 Å². The highest BCUT2D eigenvalue weighted by atomic mass is 35.5. The average Bonchev–Trinajstić information content (AvgIpc) is 2.70.